The molecule has 1 unspecified atom stereocenters. The van der Waals surface area contributed by atoms with Gasteiger partial charge in [0.2, 0.25) is 0 Å². The van der Waals surface area contributed by atoms with Gasteiger partial charge in [0.15, 0.2) is 17.3 Å². The summed E-state index contributed by atoms with van der Waals surface area (Å²) in [5, 5.41) is 0. The molecule has 4 rings (SSSR count). The number of ether oxygens (including phenoxy) is 2. The molecule has 0 aliphatic carbocycles. The normalized spacial score (nSPS) is 20.0. The second-order valence-electron chi connectivity index (χ2n) is 6.47. The first-order valence-corrected chi connectivity index (χ1v) is 9.77. The van der Waals surface area contributed by atoms with E-state index in [2.05, 4.69) is 35.2 Å². The Morgan fingerprint density at radius 2 is 1.96 bits per heavy atom. The molecule has 2 aromatic carbocycles. The van der Waals surface area contributed by atoms with Crippen molar-refractivity contribution in [3.05, 3.63) is 53.8 Å². The molecule has 0 radical (unpaired) electrons. The molecule has 2 heterocycles. The lowest BCUT2D eigenvalue weighted by Crippen LogP contribution is -2.23. The van der Waals surface area contributed by atoms with E-state index in [0.29, 0.717) is 24.9 Å². The van der Waals surface area contributed by atoms with Gasteiger partial charge in [-0.1, -0.05) is 30.3 Å². The largest absolute Gasteiger partial charge is 0.486 e. The van der Waals surface area contributed by atoms with Crippen LogP contribution in [0, 0.1) is 5.82 Å². The highest BCUT2D eigenvalue weighted by Gasteiger charge is 2.23. The van der Waals surface area contributed by atoms with Crippen LogP contribution < -0.4 is 9.47 Å². The minimum absolute atomic E-state index is 0.251. The average Bonchev–Trinajstić information content (AvgIpc) is 3.12. The maximum Gasteiger partial charge on any atom is 0.197 e. The zero-order chi connectivity index (χ0) is 17.1. The molecule has 0 N–H and O–H groups in total. The van der Waals surface area contributed by atoms with Crippen LogP contribution in [0.3, 0.4) is 0 Å². The Morgan fingerprint density at radius 3 is 2.84 bits per heavy atom. The third-order valence-electron chi connectivity index (χ3n) is 4.79. The number of hydrogen-bond donors (Lipinski definition) is 0. The number of halogens is 1. The van der Waals surface area contributed by atoms with Gasteiger partial charge < -0.3 is 14.4 Å². The van der Waals surface area contributed by atoms with Gasteiger partial charge in [-0.05, 0) is 36.6 Å². The van der Waals surface area contributed by atoms with Crippen LogP contribution in [0.25, 0.3) is 0 Å². The Labute approximate surface area is 152 Å². The first-order valence-electron chi connectivity index (χ1n) is 8.79. The van der Waals surface area contributed by atoms with E-state index in [-0.39, 0.29) is 11.6 Å². The molecule has 0 amide bonds. The SMILES string of the molecule is Fc1cc(SCCN2CCC(c3ccccc3)C2)cc2c1OCCO2. The second kappa shape index (κ2) is 7.67. The van der Waals surface area contributed by atoms with Crippen LogP contribution >= 0.6 is 11.8 Å². The second-order valence-corrected chi connectivity index (χ2v) is 7.64. The summed E-state index contributed by atoms with van der Waals surface area (Å²) in [6, 6.07) is 14.2. The van der Waals surface area contributed by atoms with Crippen LogP contribution in [-0.4, -0.2) is 43.5 Å². The fourth-order valence-corrected chi connectivity index (χ4v) is 4.46. The number of likely N-dealkylation sites (tertiary alicyclic amines) is 1. The molecule has 0 bridgehead atoms. The molecule has 0 spiro atoms. The summed E-state index contributed by atoms with van der Waals surface area (Å²) in [6.07, 6.45) is 1.22. The fourth-order valence-electron chi connectivity index (χ4n) is 3.50. The molecule has 0 saturated carbocycles. The molecule has 2 aliphatic rings. The number of fused-ring (bicyclic) bond motifs is 1. The van der Waals surface area contributed by atoms with Gasteiger partial charge >= 0.3 is 0 Å². The lowest BCUT2D eigenvalue weighted by molar-refractivity contribution is 0.163. The third-order valence-corrected chi connectivity index (χ3v) is 5.75. The lowest BCUT2D eigenvalue weighted by Gasteiger charge is -2.20. The number of benzene rings is 2. The summed E-state index contributed by atoms with van der Waals surface area (Å²) >= 11 is 1.67. The summed E-state index contributed by atoms with van der Waals surface area (Å²) in [5.74, 6) is 2.03. The molecular weight excluding hydrogens is 337 g/mol. The number of rotatable bonds is 5. The Balaban J connectivity index is 1.29. The molecular formula is C20H22FNO2S. The first-order chi connectivity index (χ1) is 12.3. The van der Waals surface area contributed by atoms with Gasteiger partial charge in [0.05, 0.1) is 0 Å². The van der Waals surface area contributed by atoms with E-state index in [1.807, 2.05) is 6.07 Å². The van der Waals surface area contributed by atoms with E-state index in [1.165, 1.54) is 12.0 Å². The standard InChI is InChI=1S/C20H22FNO2S/c21-18-12-17(13-19-20(18)24-10-9-23-19)25-11-8-22-7-6-16(14-22)15-4-2-1-3-5-15/h1-5,12-13,16H,6-11,14H2. The van der Waals surface area contributed by atoms with E-state index in [1.54, 1.807) is 17.8 Å². The number of thioether (sulfide) groups is 1. The van der Waals surface area contributed by atoms with E-state index >= 15 is 0 Å². The number of nitrogens with zero attached hydrogens (tertiary/aromatic N) is 1. The Hall–Kier alpha value is -1.72. The maximum absolute atomic E-state index is 14.1. The minimum Gasteiger partial charge on any atom is -0.486 e. The minimum atomic E-state index is -0.329. The van der Waals surface area contributed by atoms with Crippen LogP contribution in [0.5, 0.6) is 11.5 Å². The van der Waals surface area contributed by atoms with Crippen molar-refractivity contribution in [2.45, 2.75) is 17.2 Å². The Kier molecular flexibility index (Phi) is 5.13. The lowest BCUT2D eigenvalue weighted by atomic mass is 9.99. The van der Waals surface area contributed by atoms with Crippen molar-refractivity contribution in [2.24, 2.45) is 0 Å². The molecule has 132 valence electrons. The summed E-state index contributed by atoms with van der Waals surface area (Å²) in [4.78, 5) is 3.40. The highest BCUT2D eigenvalue weighted by Crippen LogP contribution is 2.37. The Morgan fingerprint density at radius 1 is 1.12 bits per heavy atom. The molecule has 1 saturated heterocycles. The van der Waals surface area contributed by atoms with Crippen LogP contribution in [-0.2, 0) is 0 Å². The van der Waals surface area contributed by atoms with Crippen LogP contribution in [0.2, 0.25) is 0 Å². The fraction of sp³-hybridized carbons (Fsp3) is 0.400. The molecule has 2 aliphatic heterocycles. The predicted octanol–water partition coefficient (Wildman–Crippen LogP) is 4.18. The number of hydrogen-bond acceptors (Lipinski definition) is 4. The van der Waals surface area contributed by atoms with Crippen molar-refractivity contribution in [1.29, 1.82) is 0 Å². The highest BCUT2D eigenvalue weighted by atomic mass is 32.2. The smallest absolute Gasteiger partial charge is 0.197 e. The molecule has 25 heavy (non-hydrogen) atoms. The zero-order valence-electron chi connectivity index (χ0n) is 14.1. The summed E-state index contributed by atoms with van der Waals surface area (Å²) in [5.41, 5.74) is 1.44. The van der Waals surface area contributed by atoms with E-state index in [0.717, 1.165) is 30.3 Å². The van der Waals surface area contributed by atoms with Gasteiger partial charge in [0.1, 0.15) is 13.2 Å². The summed E-state index contributed by atoms with van der Waals surface area (Å²) < 4.78 is 24.9. The van der Waals surface area contributed by atoms with Gasteiger partial charge in [0, 0.05) is 23.7 Å². The first kappa shape index (κ1) is 16.7. The van der Waals surface area contributed by atoms with Gasteiger partial charge in [-0.2, -0.15) is 0 Å². The summed E-state index contributed by atoms with van der Waals surface area (Å²) in [6.45, 7) is 4.16. The predicted molar refractivity (Wildman–Crippen MR) is 98.4 cm³/mol. The summed E-state index contributed by atoms with van der Waals surface area (Å²) in [7, 11) is 0. The van der Waals surface area contributed by atoms with Crippen molar-refractivity contribution in [1.82, 2.24) is 4.90 Å². The average molecular weight is 359 g/mol. The Bertz CT molecular complexity index is 725. The topological polar surface area (TPSA) is 21.7 Å². The van der Waals surface area contributed by atoms with E-state index < -0.39 is 0 Å². The van der Waals surface area contributed by atoms with Gasteiger partial charge in [-0.25, -0.2) is 4.39 Å². The molecule has 1 atom stereocenters. The van der Waals surface area contributed by atoms with Crippen molar-refractivity contribution in [2.75, 3.05) is 38.6 Å². The van der Waals surface area contributed by atoms with Crippen LogP contribution in [0.15, 0.2) is 47.4 Å². The van der Waals surface area contributed by atoms with Gasteiger partial charge in [-0.3, -0.25) is 0 Å². The molecule has 0 aromatic heterocycles. The van der Waals surface area contributed by atoms with E-state index in [4.69, 9.17) is 9.47 Å². The molecule has 2 aromatic rings. The van der Waals surface area contributed by atoms with Gasteiger partial charge in [0.25, 0.3) is 0 Å². The highest BCUT2D eigenvalue weighted by molar-refractivity contribution is 7.99. The maximum atomic E-state index is 14.1. The van der Waals surface area contributed by atoms with Gasteiger partial charge in [-0.15, -0.1) is 11.8 Å². The zero-order valence-corrected chi connectivity index (χ0v) is 14.9. The van der Waals surface area contributed by atoms with Crippen LogP contribution in [0.1, 0.15) is 17.9 Å². The van der Waals surface area contributed by atoms with E-state index in [9.17, 15) is 4.39 Å². The van der Waals surface area contributed by atoms with Crippen LogP contribution in [0.4, 0.5) is 4.39 Å². The third kappa shape index (κ3) is 3.93. The van der Waals surface area contributed by atoms with Crippen molar-refractivity contribution in [3.63, 3.8) is 0 Å². The quantitative estimate of drug-likeness (QED) is 0.747. The monoisotopic (exact) mass is 359 g/mol. The van der Waals surface area contributed by atoms with Crippen molar-refractivity contribution < 1.29 is 13.9 Å². The van der Waals surface area contributed by atoms with Crippen molar-refractivity contribution >= 4 is 11.8 Å². The molecule has 1 fully saturated rings. The molecule has 3 nitrogen and oxygen atoms in total. The van der Waals surface area contributed by atoms with Crippen molar-refractivity contribution in [3.8, 4) is 11.5 Å². The molecule has 5 heteroatoms.